The molecule has 90 valence electrons. The highest BCUT2D eigenvalue weighted by Gasteiger charge is 2.20. The number of aromatic hydroxyl groups is 1. The second kappa shape index (κ2) is 5.04. The molecular formula is C14H17NO2. The number of allylic oxidation sites excluding steroid dienone is 1. The van der Waals surface area contributed by atoms with E-state index in [4.69, 9.17) is 0 Å². The molecule has 2 rings (SSSR count). The topological polar surface area (TPSA) is 40.5 Å². The molecule has 17 heavy (non-hydrogen) atoms. The van der Waals surface area contributed by atoms with Gasteiger partial charge < -0.3 is 10.0 Å². The number of carbonyl (C=O) groups excluding carboxylic acids is 1. The molecule has 1 aliphatic heterocycles. The van der Waals surface area contributed by atoms with Crippen LogP contribution in [0.1, 0.15) is 24.0 Å². The summed E-state index contributed by atoms with van der Waals surface area (Å²) < 4.78 is 0. The Morgan fingerprint density at radius 1 is 1.47 bits per heavy atom. The molecule has 0 aliphatic carbocycles. The van der Waals surface area contributed by atoms with Gasteiger partial charge in [0, 0.05) is 19.5 Å². The van der Waals surface area contributed by atoms with Crippen molar-refractivity contribution in [2.45, 2.75) is 25.8 Å². The maximum atomic E-state index is 11.9. The van der Waals surface area contributed by atoms with Gasteiger partial charge in [0.25, 0.3) is 0 Å². The summed E-state index contributed by atoms with van der Waals surface area (Å²) in [6.07, 6.45) is 3.89. The molecule has 0 saturated heterocycles. The van der Waals surface area contributed by atoms with E-state index in [1.165, 1.54) is 5.56 Å². The lowest BCUT2D eigenvalue weighted by Gasteiger charge is -2.29. The van der Waals surface area contributed by atoms with E-state index >= 15 is 0 Å². The number of phenolic OH excluding ortho intramolecular Hbond substituents is 1. The van der Waals surface area contributed by atoms with Gasteiger partial charge in [-0.3, -0.25) is 4.79 Å². The average molecular weight is 231 g/mol. The third-order valence-corrected chi connectivity index (χ3v) is 3.12. The van der Waals surface area contributed by atoms with Crippen LogP contribution >= 0.6 is 0 Å². The van der Waals surface area contributed by atoms with Crippen LogP contribution in [0.2, 0.25) is 0 Å². The van der Waals surface area contributed by atoms with Gasteiger partial charge >= 0.3 is 0 Å². The first-order valence-electron chi connectivity index (χ1n) is 5.90. The van der Waals surface area contributed by atoms with Crippen molar-refractivity contribution in [2.75, 3.05) is 6.54 Å². The van der Waals surface area contributed by atoms with E-state index in [9.17, 15) is 9.90 Å². The molecule has 0 aromatic heterocycles. The molecule has 0 unspecified atom stereocenters. The maximum absolute atomic E-state index is 11.9. The quantitative estimate of drug-likeness (QED) is 0.810. The smallest absolute Gasteiger partial charge is 0.223 e. The van der Waals surface area contributed by atoms with Crippen molar-refractivity contribution >= 4 is 5.91 Å². The minimum atomic E-state index is 0.166. The number of nitrogens with zero attached hydrogens (tertiary/aromatic N) is 1. The summed E-state index contributed by atoms with van der Waals surface area (Å²) in [5.41, 5.74) is 2.29. The average Bonchev–Trinajstić information content (AvgIpc) is 2.35. The second-order valence-corrected chi connectivity index (χ2v) is 4.35. The first kappa shape index (κ1) is 11.7. The van der Waals surface area contributed by atoms with Crippen LogP contribution in [0.4, 0.5) is 0 Å². The minimum absolute atomic E-state index is 0.166. The minimum Gasteiger partial charge on any atom is -0.508 e. The summed E-state index contributed by atoms with van der Waals surface area (Å²) in [6, 6.07) is 5.40. The largest absolute Gasteiger partial charge is 0.508 e. The highest BCUT2D eigenvalue weighted by molar-refractivity contribution is 5.76. The summed E-state index contributed by atoms with van der Waals surface area (Å²) >= 11 is 0. The number of fused-ring (bicyclic) bond motifs is 1. The van der Waals surface area contributed by atoms with E-state index in [0.29, 0.717) is 13.0 Å². The molecule has 1 aromatic carbocycles. The van der Waals surface area contributed by atoms with E-state index in [0.717, 1.165) is 24.9 Å². The van der Waals surface area contributed by atoms with Gasteiger partial charge in [0.2, 0.25) is 5.91 Å². The Hall–Kier alpha value is -1.77. The van der Waals surface area contributed by atoms with Gasteiger partial charge in [0.15, 0.2) is 0 Å². The van der Waals surface area contributed by atoms with Crippen molar-refractivity contribution in [3.8, 4) is 5.75 Å². The highest BCUT2D eigenvalue weighted by Crippen LogP contribution is 2.23. The molecule has 1 N–H and O–H groups in total. The van der Waals surface area contributed by atoms with Crippen LogP contribution in [0.15, 0.2) is 30.9 Å². The van der Waals surface area contributed by atoms with E-state index in [2.05, 4.69) is 6.58 Å². The molecule has 0 spiro atoms. The van der Waals surface area contributed by atoms with Gasteiger partial charge in [0.05, 0.1) is 0 Å². The Balaban J connectivity index is 2.07. The predicted octanol–water partition coefficient (Wildman–Crippen LogP) is 2.24. The lowest BCUT2D eigenvalue weighted by Crippen LogP contribution is -2.35. The Morgan fingerprint density at radius 2 is 2.29 bits per heavy atom. The lowest BCUT2D eigenvalue weighted by molar-refractivity contribution is -0.132. The van der Waals surface area contributed by atoms with Crippen LogP contribution in [0.5, 0.6) is 5.75 Å². The Labute approximate surface area is 101 Å². The van der Waals surface area contributed by atoms with Crippen LogP contribution in [0.3, 0.4) is 0 Å². The number of amides is 1. The normalized spacial score (nSPS) is 14.2. The number of hydrogen-bond acceptors (Lipinski definition) is 2. The summed E-state index contributed by atoms with van der Waals surface area (Å²) in [5, 5.41) is 9.44. The van der Waals surface area contributed by atoms with E-state index in [1.54, 1.807) is 18.2 Å². The molecule has 1 aromatic rings. The molecule has 0 bridgehead atoms. The summed E-state index contributed by atoms with van der Waals surface area (Å²) in [7, 11) is 0. The van der Waals surface area contributed by atoms with Gasteiger partial charge in [-0.15, -0.1) is 6.58 Å². The Kier molecular flexibility index (Phi) is 3.47. The number of phenols is 1. The molecule has 3 heteroatoms. The van der Waals surface area contributed by atoms with E-state index in [-0.39, 0.29) is 11.7 Å². The summed E-state index contributed by atoms with van der Waals surface area (Å²) in [4.78, 5) is 13.7. The number of benzene rings is 1. The van der Waals surface area contributed by atoms with E-state index < -0.39 is 0 Å². The number of rotatable bonds is 3. The van der Waals surface area contributed by atoms with Gasteiger partial charge in [-0.25, -0.2) is 0 Å². The van der Waals surface area contributed by atoms with Crippen LogP contribution in [-0.4, -0.2) is 22.5 Å². The van der Waals surface area contributed by atoms with Crippen molar-refractivity contribution in [1.82, 2.24) is 4.90 Å². The predicted molar refractivity (Wildman–Crippen MR) is 66.7 cm³/mol. The van der Waals surface area contributed by atoms with Crippen molar-refractivity contribution in [1.29, 1.82) is 0 Å². The molecule has 1 amide bonds. The standard InChI is InChI=1S/C14H17NO2/c1-2-3-4-14(17)15-8-7-11-5-6-13(16)9-12(11)10-15/h2,5-6,9,16H,1,3-4,7-8,10H2. The van der Waals surface area contributed by atoms with E-state index in [1.807, 2.05) is 11.0 Å². The van der Waals surface area contributed by atoms with Crippen LogP contribution < -0.4 is 0 Å². The van der Waals surface area contributed by atoms with Gasteiger partial charge in [-0.05, 0) is 36.1 Å². The lowest BCUT2D eigenvalue weighted by atomic mass is 9.99. The first-order valence-corrected chi connectivity index (χ1v) is 5.90. The Morgan fingerprint density at radius 3 is 3.06 bits per heavy atom. The molecule has 0 saturated carbocycles. The molecule has 1 heterocycles. The van der Waals surface area contributed by atoms with Crippen molar-refractivity contribution in [2.24, 2.45) is 0 Å². The highest BCUT2D eigenvalue weighted by atomic mass is 16.3. The van der Waals surface area contributed by atoms with Gasteiger partial charge in [0.1, 0.15) is 5.75 Å². The third kappa shape index (κ3) is 2.67. The summed E-state index contributed by atoms with van der Waals surface area (Å²) in [6.45, 7) is 5.00. The fourth-order valence-corrected chi connectivity index (χ4v) is 2.14. The zero-order valence-electron chi connectivity index (χ0n) is 9.85. The third-order valence-electron chi connectivity index (χ3n) is 3.12. The molecule has 1 aliphatic rings. The molecule has 0 atom stereocenters. The summed E-state index contributed by atoms with van der Waals surface area (Å²) in [5.74, 6) is 0.433. The monoisotopic (exact) mass is 231 g/mol. The van der Waals surface area contributed by atoms with Gasteiger partial charge in [-0.1, -0.05) is 12.1 Å². The molecule has 3 nitrogen and oxygen atoms in total. The SMILES string of the molecule is C=CCCC(=O)N1CCc2ccc(O)cc2C1. The molecule has 0 fully saturated rings. The fourth-order valence-electron chi connectivity index (χ4n) is 2.14. The van der Waals surface area contributed by atoms with Crippen LogP contribution in [0, 0.1) is 0 Å². The zero-order valence-corrected chi connectivity index (χ0v) is 9.85. The first-order chi connectivity index (χ1) is 8.20. The molecular weight excluding hydrogens is 214 g/mol. The van der Waals surface area contributed by atoms with Crippen molar-refractivity contribution in [3.05, 3.63) is 42.0 Å². The second-order valence-electron chi connectivity index (χ2n) is 4.35. The van der Waals surface area contributed by atoms with Crippen LogP contribution in [0.25, 0.3) is 0 Å². The van der Waals surface area contributed by atoms with Crippen molar-refractivity contribution in [3.63, 3.8) is 0 Å². The number of carbonyl (C=O) groups is 1. The maximum Gasteiger partial charge on any atom is 0.223 e. The number of hydrogen-bond donors (Lipinski definition) is 1. The Bertz CT molecular complexity index is 440. The van der Waals surface area contributed by atoms with Crippen molar-refractivity contribution < 1.29 is 9.90 Å². The molecule has 0 radical (unpaired) electrons. The zero-order chi connectivity index (χ0) is 12.3. The van der Waals surface area contributed by atoms with Gasteiger partial charge in [-0.2, -0.15) is 0 Å². The van der Waals surface area contributed by atoms with Crippen LogP contribution in [-0.2, 0) is 17.8 Å². The fraction of sp³-hybridized carbons (Fsp3) is 0.357.